The molecule has 0 fully saturated rings. The van der Waals surface area contributed by atoms with E-state index in [1.165, 1.54) is 18.2 Å². The quantitative estimate of drug-likeness (QED) is 0.796. The maximum atomic E-state index is 12.8. The fraction of sp³-hybridized carbons (Fsp3) is 0.417. The van der Waals surface area contributed by atoms with E-state index in [-0.39, 0.29) is 11.8 Å². The molecular weight excluding hydrogens is 287 g/mol. The Balaban J connectivity index is 2.40. The third-order valence-electron chi connectivity index (χ3n) is 2.25. The van der Waals surface area contributed by atoms with Crippen LogP contribution in [0.25, 0.3) is 0 Å². The van der Waals surface area contributed by atoms with Gasteiger partial charge in [-0.2, -0.15) is 0 Å². The van der Waals surface area contributed by atoms with Crippen molar-refractivity contribution in [3.05, 3.63) is 28.5 Å². The third kappa shape index (κ3) is 5.17. The number of carbonyl (C=O) groups is 1. The van der Waals surface area contributed by atoms with Crippen molar-refractivity contribution in [2.45, 2.75) is 26.2 Å². The molecule has 94 valence electrons. The predicted octanol–water partition coefficient (Wildman–Crippen LogP) is 3.90. The van der Waals surface area contributed by atoms with Crippen molar-refractivity contribution in [2.75, 3.05) is 11.9 Å². The van der Waals surface area contributed by atoms with Crippen molar-refractivity contribution in [2.24, 2.45) is 0 Å². The first-order valence-corrected chi connectivity index (χ1v) is 6.42. The third-order valence-corrected chi connectivity index (χ3v) is 2.90. The number of amides is 2. The van der Waals surface area contributed by atoms with E-state index in [2.05, 4.69) is 33.5 Å². The fourth-order valence-electron chi connectivity index (χ4n) is 1.33. The number of nitrogens with one attached hydrogen (secondary N) is 2. The van der Waals surface area contributed by atoms with Gasteiger partial charge in [0.25, 0.3) is 0 Å². The number of carbonyl (C=O) groups excluding carboxylic acids is 1. The van der Waals surface area contributed by atoms with Crippen LogP contribution in [-0.2, 0) is 0 Å². The smallest absolute Gasteiger partial charge is 0.319 e. The lowest BCUT2D eigenvalue weighted by Crippen LogP contribution is -2.29. The molecule has 0 saturated heterocycles. The van der Waals surface area contributed by atoms with Crippen LogP contribution in [0.15, 0.2) is 22.7 Å². The molecule has 0 heterocycles. The monoisotopic (exact) mass is 302 g/mol. The van der Waals surface area contributed by atoms with Gasteiger partial charge < -0.3 is 10.6 Å². The molecule has 0 atom stereocenters. The average Bonchev–Trinajstić information content (AvgIpc) is 2.28. The summed E-state index contributed by atoms with van der Waals surface area (Å²) in [5.41, 5.74) is 0.555. The van der Waals surface area contributed by atoms with Crippen LogP contribution in [-0.4, -0.2) is 12.6 Å². The zero-order valence-corrected chi connectivity index (χ0v) is 11.3. The SMILES string of the molecule is CCCCCNC(=O)Nc1ccc(F)cc1Br. The molecule has 2 amide bonds. The number of hydrogen-bond acceptors (Lipinski definition) is 1. The Labute approximate surface area is 109 Å². The molecular formula is C12H16BrFN2O. The summed E-state index contributed by atoms with van der Waals surface area (Å²) in [6, 6.07) is 3.86. The van der Waals surface area contributed by atoms with E-state index in [9.17, 15) is 9.18 Å². The molecule has 0 aliphatic carbocycles. The van der Waals surface area contributed by atoms with Gasteiger partial charge in [0.1, 0.15) is 5.82 Å². The average molecular weight is 303 g/mol. The van der Waals surface area contributed by atoms with Crippen LogP contribution in [0.3, 0.4) is 0 Å². The second-order valence-electron chi connectivity index (χ2n) is 3.71. The highest BCUT2D eigenvalue weighted by Crippen LogP contribution is 2.22. The molecule has 0 aliphatic rings. The molecule has 0 aliphatic heterocycles. The Morgan fingerprint density at radius 1 is 1.41 bits per heavy atom. The molecule has 0 saturated carbocycles. The van der Waals surface area contributed by atoms with Gasteiger partial charge in [-0.1, -0.05) is 19.8 Å². The van der Waals surface area contributed by atoms with Crippen LogP contribution in [0.5, 0.6) is 0 Å². The van der Waals surface area contributed by atoms with E-state index in [4.69, 9.17) is 0 Å². The molecule has 17 heavy (non-hydrogen) atoms. The predicted molar refractivity (Wildman–Crippen MR) is 70.6 cm³/mol. The Morgan fingerprint density at radius 3 is 2.82 bits per heavy atom. The van der Waals surface area contributed by atoms with Gasteiger partial charge >= 0.3 is 6.03 Å². The summed E-state index contributed by atoms with van der Waals surface area (Å²) in [6.45, 7) is 2.76. The second kappa shape index (κ2) is 7.27. The Morgan fingerprint density at radius 2 is 2.18 bits per heavy atom. The molecule has 0 bridgehead atoms. The van der Waals surface area contributed by atoms with Crippen LogP contribution in [0.2, 0.25) is 0 Å². The van der Waals surface area contributed by atoms with Gasteiger partial charge in [0.05, 0.1) is 5.69 Å². The fourth-order valence-corrected chi connectivity index (χ4v) is 1.78. The van der Waals surface area contributed by atoms with Crippen LogP contribution in [0.4, 0.5) is 14.9 Å². The summed E-state index contributed by atoms with van der Waals surface area (Å²) in [6.07, 6.45) is 3.18. The summed E-state index contributed by atoms with van der Waals surface area (Å²) < 4.78 is 13.3. The summed E-state index contributed by atoms with van der Waals surface area (Å²) in [5, 5.41) is 5.39. The lowest BCUT2D eigenvalue weighted by molar-refractivity contribution is 0.252. The van der Waals surface area contributed by atoms with Crippen molar-refractivity contribution >= 4 is 27.6 Å². The Hall–Kier alpha value is -1.10. The van der Waals surface area contributed by atoms with E-state index < -0.39 is 0 Å². The molecule has 5 heteroatoms. The van der Waals surface area contributed by atoms with Gasteiger partial charge in [-0.3, -0.25) is 0 Å². The van der Waals surface area contributed by atoms with Crippen LogP contribution in [0, 0.1) is 5.82 Å². The van der Waals surface area contributed by atoms with Crippen molar-refractivity contribution in [1.82, 2.24) is 5.32 Å². The minimum absolute atomic E-state index is 0.270. The number of halogens is 2. The van der Waals surface area contributed by atoms with Gasteiger partial charge in [0.2, 0.25) is 0 Å². The molecule has 1 aromatic carbocycles. The van der Waals surface area contributed by atoms with Crippen molar-refractivity contribution in [3.63, 3.8) is 0 Å². The topological polar surface area (TPSA) is 41.1 Å². The van der Waals surface area contributed by atoms with Gasteiger partial charge in [0.15, 0.2) is 0 Å². The maximum Gasteiger partial charge on any atom is 0.319 e. The maximum absolute atomic E-state index is 12.8. The zero-order valence-electron chi connectivity index (χ0n) is 9.72. The van der Waals surface area contributed by atoms with Gasteiger partial charge in [-0.15, -0.1) is 0 Å². The first-order chi connectivity index (χ1) is 8.13. The minimum Gasteiger partial charge on any atom is -0.338 e. The number of rotatable bonds is 5. The number of hydrogen-bond donors (Lipinski definition) is 2. The summed E-state index contributed by atoms with van der Waals surface area (Å²) in [4.78, 5) is 11.5. The molecule has 1 aromatic rings. The van der Waals surface area contributed by atoms with E-state index in [0.29, 0.717) is 16.7 Å². The Kier molecular flexibility index (Phi) is 5.97. The Bertz CT molecular complexity index is 385. The molecule has 0 radical (unpaired) electrons. The van der Waals surface area contributed by atoms with E-state index in [1.807, 2.05) is 0 Å². The number of anilines is 1. The van der Waals surface area contributed by atoms with Gasteiger partial charge in [-0.05, 0) is 40.5 Å². The van der Waals surface area contributed by atoms with Crippen molar-refractivity contribution < 1.29 is 9.18 Å². The van der Waals surface area contributed by atoms with Gasteiger partial charge in [0, 0.05) is 11.0 Å². The van der Waals surface area contributed by atoms with Crippen LogP contribution in [0.1, 0.15) is 26.2 Å². The summed E-state index contributed by atoms with van der Waals surface area (Å²) in [5.74, 6) is -0.342. The highest BCUT2D eigenvalue weighted by molar-refractivity contribution is 9.10. The second-order valence-corrected chi connectivity index (χ2v) is 4.57. The summed E-state index contributed by atoms with van der Waals surface area (Å²) in [7, 11) is 0. The minimum atomic E-state index is -0.342. The standard InChI is InChI=1S/C12H16BrFN2O/c1-2-3-4-7-15-12(17)16-11-6-5-9(14)8-10(11)13/h5-6,8H,2-4,7H2,1H3,(H2,15,16,17). The van der Waals surface area contributed by atoms with Gasteiger partial charge in [-0.25, -0.2) is 9.18 Å². The molecule has 2 N–H and O–H groups in total. The van der Waals surface area contributed by atoms with E-state index >= 15 is 0 Å². The van der Waals surface area contributed by atoms with Crippen molar-refractivity contribution in [1.29, 1.82) is 0 Å². The largest absolute Gasteiger partial charge is 0.338 e. The molecule has 1 rings (SSSR count). The molecule has 0 aromatic heterocycles. The molecule has 3 nitrogen and oxygen atoms in total. The first kappa shape index (κ1) is 14.0. The van der Waals surface area contributed by atoms with E-state index in [1.54, 1.807) is 0 Å². The number of benzene rings is 1. The van der Waals surface area contributed by atoms with Crippen LogP contribution < -0.4 is 10.6 Å². The van der Waals surface area contributed by atoms with Crippen LogP contribution >= 0.6 is 15.9 Å². The number of urea groups is 1. The number of unbranched alkanes of at least 4 members (excludes halogenated alkanes) is 2. The zero-order chi connectivity index (χ0) is 12.7. The first-order valence-electron chi connectivity index (χ1n) is 5.63. The molecule has 0 unspecified atom stereocenters. The highest BCUT2D eigenvalue weighted by Gasteiger charge is 2.05. The summed E-state index contributed by atoms with van der Waals surface area (Å²) >= 11 is 3.19. The van der Waals surface area contributed by atoms with E-state index in [0.717, 1.165) is 19.3 Å². The highest BCUT2D eigenvalue weighted by atomic mass is 79.9. The lowest BCUT2D eigenvalue weighted by Gasteiger charge is -2.08. The van der Waals surface area contributed by atoms with Crippen molar-refractivity contribution in [3.8, 4) is 0 Å². The lowest BCUT2D eigenvalue weighted by atomic mass is 10.2. The normalized spacial score (nSPS) is 10.1. The molecule has 0 spiro atoms.